The summed E-state index contributed by atoms with van der Waals surface area (Å²) in [6, 6.07) is 15.8. The van der Waals surface area contributed by atoms with Crippen LogP contribution in [0, 0.1) is 5.92 Å². The first-order valence-corrected chi connectivity index (χ1v) is 13.1. The third-order valence-electron chi connectivity index (χ3n) is 5.77. The van der Waals surface area contributed by atoms with Crippen LogP contribution in [0.5, 0.6) is 5.75 Å². The Labute approximate surface area is 211 Å². The van der Waals surface area contributed by atoms with Gasteiger partial charge in [-0.3, -0.25) is 4.79 Å². The summed E-state index contributed by atoms with van der Waals surface area (Å²) >= 11 is 3.14. The second kappa shape index (κ2) is 13.2. The fourth-order valence-electron chi connectivity index (χ4n) is 3.60. The van der Waals surface area contributed by atoms with Crippen LogP contribution in [-0.2, 0) is 22.4 Å². The number of carbonyl (C=O) groups excluding carboxylic acids is 1. The molecule has 0 spiro atoms. The number of carbonyl (C=O) groups is 1. The van der Waals surface area contributed by atoms with Crippen molar-refractivity contribution in [3.8, 4) is 5.75 Å². The number of ether oxygens (including phenoxy) is 2. The molecule has 1 aliphatic rings. The molecule has 186 valence electrons. The molecule has 1 atom stereocenters. The lowest BCUT2D eigenvalue weighted by molar-refractivity contribution is -0.113. The van der Waals surface area contributed by atoms with Gasteiger partial charge < -0.3 is 25.2 Å². The number of anilines is 1. The van der Waals surface area contributed by atoms with Crippen molar-refractivity contribution in [2.75, 3.05) is 37.0 Å². The maximum Gasteiger partial charge on any atom is 0.235 e. The van der Waals surface area contributed by atoms with Crippen LogP contribution < -0.4 is 15.4 Å². The highest BCUT2D eigenvalue weighted by Gasteiger charge is 2.21. The molecule has 1 aliphatic carbocycles. The number of aliphatic hydroxyl groups excluding tert-OH is 1. The predicted octanol–water partition coefficient (Wildman–Crippen LogP) is 4.34. The minimum Gasteiger partial charge on any atom is -0.491 e. The first kappa shape index (κ1) is 26.7. The molecule has 1 saturated carbocycles. The van der Waals surface area contributed by atoms with Crippen molar-refractivity contribution < 1.29 is 19.4 Å². The summed E-state index contributed by atoms with van der Waals surface area (Å²) in [6.45, 7) is 6.53. The maximum atomic E-state index is 11.5. The fraction of sp³-hybridized carbons (Fsp3) is 0.519. The molecule has 1 fully saturated rings. The summed E-state index contributed by atoms with van der Waals surface area (Å²) in [5.74, 6) is 1.48. The van der Waals surface area contributed by atoms with Crippen LogP contribution in [0.4, 0.5) is 5.69 Å². The first-order chi connectivity index (χ1) is 16.3. The Bertz CT molecular complexity index is 883. The number of rotatable bonds is 15. The van der Waals surface area contributed by atoms with Crippen molar-refractivity contribution in [1.82, 2.24) is 5.32 Å². The summed E-state index contributed by atoms with van der Waals surface area (Å²) in [5, 5.41) is 16.9. The zero-order valence-corrected chi connectivity index (χ0v) is 21.8. The van der Waals surface area contributed by atoms with Crippen molar-refractivity contribution in [2.45, 2.75) is 51.2 Å². The van der Waals surface area contributed by atoms with Crippen molar-refractivity contribution in [1.29, 1.82) is 0 Å². The van der Waals surface area contributed by atoms with Gasteiger partial charge >= 0.3 is 0 Å². The number of aliphatic hydroxyl groups is 1. The SMILES string of the molecule is CC(C)(Cc1ccc(NC(=O)CBr)cc1)NCC(O)COc1ccc(CCOCC2CC2)cc1. The van der Waals surface area contributed by atoms with Gasteiger partial charge in [-0.05, 0) is 80.8 Å². The lowest BCUT2D eigenvalue weighted by Crippen LogP contribution is -2.46. The summed E-state index contributed by atoms with van der Waals surface area (Å²) in [4.78, 5) is 11.5. The van der Waals surface area contributed by atoms with Gasteiger partial charge in [-0.1, -0.05) is 40.2 Å². The molecule has 0 bridgehead atoms. The van der Waals surface area contributed by atoms with Gasteiger partial charge in [0.1, 0.15) is 18.5 Å². The minimum absolute atomic E-state index is 0.0735. The van der Waals surface area contributed by atoms with Gasteiger partial charge in [-0.25, -0.2) is 0 Å². The highest BCUT2D eigenvalue weighted by Crippen LogP contribution is 2.28. The second-order valence-electron chi connectivity index (χ2n) is 9.70. The molecule has 34 heavy (non-hydrogen) atoms. The third-order valence-corrected chi connectivity index (χ3v) is 6.28. The standard InChI is InChI=1S/C27H37BrN2O4/c1-27(2,15-21-5-9-23(10-6-21)30-26(32)16-28)29-17-24(31)19-34-25-11-7-20(8-12-25)13-14-33-18-22-3-4-22/h5-12,22,24,29,31H,3-4,13-19H2,1-2H3,(H,30,32). The molecule has 6 nitrogen and oxygen atoms in total. The Morgan fingerprint density at radius 1 is 1.12 bits per heavy atom. The largest absolute Gasteiger partial charge is 0.491 e. The Balaban J connectivity index is 1.33. The molecule has 0 radical (unpaired) electrons. The number of hydrogen-bond acceptors (Lipinski definition) is 5. The van der Waals surface area contributed by atoms with Gasteiger partial charge in [0, 0.05) is 24.4 Å². The highest BCUT2D eigenvalue weighted by molar-refractivity contribution is 9.09. The Hall–Kier alpha value is -1.93. The number of amides is 1. The molecule has 0 heterocycles. The lowest BCUT2D eigenvalue weighted by Gasteiger charge is -2.28. The Morgan fingerprint density at radius 2 is 1.79 bits per heavy atom. The van der Waals surface area contributed by atoms with Crippen molar-refractivity contribution >= 4 is 27.5 Å². The number of nitrogens with one attached hydrogen (secondary N) is 2. The van der Waals surface area contributed by atoms with E-state index >= 15 is 0 Å². The molecule has 2 aromatic carbocycles. The van der Waals surface area contributed by atoms with Crippen LogP contribution >= 0.6 is 15.9 Å². The number of halogens is 1. The van der Waals surface area contributed by atoms with E-state index in [1.54, 1.807) is 0 Å². The van der Waals surface area contributed by atoms with Crippen molar-refractivity contribution in [2.24, 2.45) is 5.92 Å². The van der Waals surface area contributed by atoms with Gasteiger partial charge in [0.25, 0.3) is 0 Å². The first-order valence-electron chi connectivity index (χ1n) is 12.0. The summed E-state index contributed by atoms with van der Waals surface area (Å²) < 4.78 is 11.5. The van der Waals surface area contributed by atoms with E-state index in [0.29, 0.717) is 6.54 Å². The maximum absolute atomic E-state index is 11.5. The number of alkyl halides is 1. The predicted molar refractivity (Wildman–Crippen MR) is 140 cm³/mol. The summed E-state index contributed by atoms with van der Waals surface area (Å²) in [7, 11) is 0. The van der Waals surface area contributed by atoms with Crippen LogP contribution in [0.1, 0.15) is 37.8 Å². The quantitative estimate of drug-likeness (QED) is 0.235. The number of hydrogen-bond donors (Lipinski definition) is 3. The molecular formula is C27H37BrN2O4. The van der Waals surface area contributed by atoms with E-state index in [1.165, 1.54) is 18.4 Å². The van der Waals surface area contributed by atoms with Crippen molar-refractivity contribution in [3.63, 3.8) is 0 Å². The molecule has 1 unspecified atom stereocenters. The molecule has 3 N–H and O–H groups in total. The molecule has 0 saturated heterocycles. The average molecular weight is 534 g/mol. The number of benzene rings is 2. The molecule has 7 heteroatoms. The normalized spacial score (nSPS) is 14.6. The molecule has 2 aromatic rings. The summed E-state index contributed by atoms with van der Waals surface area (Å²) in [6.07, 6.45) is 3.72. The minimum atomic E-state index is -0.614. The van der Waals surface area contributed by atoms with Crippen LogP contribution in [0.2, 0.25) is 0 Å². The van der Waals surface area contributed by atoms with Gasteiger partial charge in [0.2, 0.25) is 5.91 Å². The van der Waals surface area contributed by atoms with Crippen LogP contribution in [-0.4, -0.2) is 54.4 Å². The zero-order chi connectivity index (χ0) is 24.4. The molecule has 3 rings (SSSR count). The van der Waals surface area contributed by atoms with E-state index in [0.717, 1.165) is 49.0 Å². The summed E-state index contributed by atoms with van der Waals surface area (Å²) in [5.41, 5.74) is 2.95. The molecular weight excluding hydrogens is 496 g/mol. The van der Waals surface area contributed by atoms with Crippen molar-refractivity contribution in [3.05, 3.63) is 59.7 Å². The van der Waals surface area contributed by atoms with E-state index < -0.39 is 6.10 Å². The average Bonchev–Trinajstić information content (AvgIpc) is 3.65. The van der Waals surface area contributed by atoms with Crippen LogP contribution in [0.25, 0.3) is 0 Å². The van der Waals surface area contributed by atoms with E-state index in [1.807, 2.05) is 36.4 Å². The van der Waals surface area contributed by atoms with Crippen LogP contribution in [0.3, 0.4) is 0 Å². The number of β-amino-alcohol motifs (C(OH)–C–C–N with tert-alkyl or cyclic N) is 1. The zero-order valence-electron chi connectivity index (χ0n) is 20.2. The van der Waals surface area contributed by atoms with Gasteiger partial charge in [0.05, 0.1) is 11.9 Å². The van der Waals surface area contributed by atoms with E-state index in [2.05, 4.69) is 52.5 Å². The third kappa shape index (κ3) is 10.1. The Morgan fingerprint density at radius 3 is 2.44 bits per heavy atom. The van der Waals surface area contributed by atoms with E-state index in [4.69, 9.17) is 9.47 Å². The fourth-order valence-corrected chi connectivity index (χ4v) is 3.74. The molecule has 0 aliphatic heterocycles. The second-order valence-corrected chi connectivity index (χ2v) is 10.3. The lowest BCUT2D eigenvalue weighted by atomic mass is 9.94. The van der Waals surface area contributed by atoms with E-state index in [-0.39, 0.29) is 23.4 Å². The highest BCUT2D eigenvalue weighted by atomic mass is 79.9. The Kier molecular flexibility index (Phi) is 10.4. The molecule has 0 aromatic heterocycles. The molecule has 1 amide bonds. The smallest absolute Gasteiger partial charge is 0.235 e. The van der Waals surface area contributed by atoms with Gasteiger partial charge in [-0.2, -0.15) is 0 Å². The monoisotopic (exact) mass is 532 g/mol. The van der Waals surface area contributed by atoms with Gasteiger partial charge in [0.15, 0.2) is 0 Å². The topological polar surface area (TPSA) is 79.8 Å². The van der Waals surface area contributed by atoms with Crippen LogP contribution in [0.15, 0.2) is 48.5 Å². The van der Waals surface area contributed by atoms with E-state index in [9.17, 15) is 9.90 Å². The van der Waals surface area contributed by atoms with Gasteiger partial charge in [-0.15, -0.1) is 0 Å².